The van der Waals surface area contributed by atoms with E-state index in [1.54, 1.807) is 7.11 Å². The number of aliphatic imine (C=N–C) groups is 1. The highest BCUT2D eigenvalue weighted by Gasteiger charge is 2.09. The molecule has 0 radical (unpaired) electrons. The highest BCUT2D eigenvalue weighted by Crippen LogP contribution is 2.16. The Morgan fingerprint density at radius 1 is 1.22 bits per heavy atom. The molecule has 0 aliphatic heterocycles. The molecule has 0 aliphatic rings. The predicted molar refractivity (Wildman–Crippen MR) is 123 cm³/mol. The molecule has 0 aliphatic carbocycles. The number of aromatic nitrogens is 2. The van der Waals surface area contributed by atoms with Crippen molar-refractivity contribution in [2.75, 3.05) is 33.9 Å². The highest BCUT2D eigenvalue weighted by atomic mass is 127. The van der Waals surface area contributed by atoms with Gasteiger partial charge in [-0.25, -0.2) is 4.98 Å². The SMILES string of the molecule is CCNC(=NCCCCCOC)N(C)Cc1ncc(-c2ccccc2)[nH]1.I. The molecule has 2 N–H and O–H groups in total. The lowest BCUT2D eigenvalue weighted by molar-refractivity contribution is 0.192. The lowest BCUT2D eigenvalue weighted by Gasteiger charge is -2.21. The molecule has 27 heavy (non-hydrogen) atoms. The van der Waals surface area contributed by atoms with Crippen LogP contribution < -0.4 is 5.32 Å². The van der Waals surface area contributed by atoms with E-state index >= 15 is 0 Å². The molecule has 1 heterocycles. The first-order valence-corrected chi connectivity index (χ1v) is 9.32. The minimum Gasteiger partial charge on any atom is -0.385 e. The standard InChI is InChI=1S/C20H31N5O.HI/c1-4-21-20(22-13-9-6-10-14-26-3)25(2)16-19-23-15-18(24-19)17-11-7-5-8-12-17;/h5,7-8,11-12,15H,4,6,9-10,13-14,16H2,1-3H3,(H,21,22)(H,23,24);1H. The van der Waals surface area contributed by atoms with Gasteiger partial charge in [0, 0.05) is 33.9 Å². The van der Waals surface area contributed by atoms with E-state index in [0.29, 0.717) is 6.54 Å². The molecule has 0 amide bonds. The maximum Gasteiger partial charge on any atom is 0.194 e. The van der Waals surface area contributed by atoms with Crippen molar-refractivity contribution in [2.24, 2.45) is 4.99 Å². The number of benzene rings is 1. The van der Waals surface area contributed by atoms with Crippen molar-refractivity contribution in [1.29, 1.82) is 0 Å². The molecular formula is C20H32IN5O. The number of rotatable bonds is 10. The van der Waals surface area contributed by atoms with Gasteiger partial charge in [0.2, 0.25) is 0 Å². The number of imidazole rings is 1. The number of methoxy groups -OCH3 is 1. The van der Waals surface area contributed by atoms with Crippen molar-refractivity contribution in [3.05, 3.63) is 42.4 Å². The normalized spacial score (nSPS) is 11.1. The summed E-state index contributed by atoms with van der Waals surface area (Å²) >= 11 is 0. The quantitative estimate of drug-likeness (QED) is 0.232. The number of nitrogens with one attached hydrogen (secondary N) is 2. The van der Waals surface area contributed by atoms with E-state index < -0.39 is 0 Å². The summed E-state index contributed by atoms with van der Waals surface area (Å²) in [6.07, 6.45) is 5.19. The second kappa shape index (κ2) is 13.5. The van der Waals surface area contributed by atoms with E-state index in [1.165, 1.54) is 0 Å². The topological polar surface area (TPSA) is 65.5 Å². The van der Waals surface area contributed by atoms with Crippen LogP contribution in [0.5, 0.6) is 0 Å². The van der Waals surface area contributed by atoms with E-state index in [9.17, 15) is 0 Å². The fourth-order valence-electron chi connectivity index (χ4n) is 2.70. The maximum atomic E-state index is 5.08. The molecule has 150 valence electrons. The zero-order valence-corrected chi connectivity index (χ0v) is 18.9. The van der Waals surface area contributed by atoms with Crippen LogP contribution in [0.25, 0.3) is 11.3 Å². The number of hydrogen-bond acceptors (Lipinski definition) is 3. The van der Waals surface area contributed by atoms with Gasteiger partial charge in [-0.05, 0) is 31.7 Å². The molecule has 0 atom stereocenters. The van der Waals surface area contributed by atoms with Crippen molar-refractivity contribution in [2.45, 2.75) is 32.7 Å². The fourth-order valence-corrected chi connectivity index (χ4v) is 2.70. The molecule has 1 aromatic carbocycles. The Morgan fingerprint density at radius 3 is 2.70 bits per heavy atom. The first-order valence-electron chi connectivity index (χ1n) is 9.32. The average Bonchev–Trinajstić information content (AvgIpc) is 3.13. The van der Waals surface area contributed by atoms with E-state index in [4.69, 9.17) is 9.73 Å². The Balaban J connectivity index is 0.00000364. The highest BCUT2D eigenvalue weighted by molar-refractivity contribution is 14.0. The zero-order valence-electron chi connectivity index (χ0n) is 16.6. The largest absolute Gasteiger partial charge is 0.385 e. The molecule has 0 unspecified atom stereocenters. The third-order valence-corrected chi connectivity index (χ3v) is 4.06. The van der Waals surface area contributed by atoms with Gasteiger partial charge in [0.05, 0.1) is 18.4 Å². The molecule has 0 saturated carbocycles. The molecule has 0 saturated heterocycles. The Bertz CT molecular complexity index is 659. The number of nitrogens with zero attached hydrogens (tertiary/aromatic N) is 3. The van der Waals surface area contributed by atoms with Gasteiger partial charge in [-0.1, -0.05) is 30.3 Å². The number of ether oxygens (including phenoxy) is 1. The van der Waals surface area contributed by atoms with Crippen LogP contribution >= 0.6 is 24.0 Å². The van der Waals surface area contributed by atoms with Crippen LogP contribution in [0.3, 0.4) is 0 Å². The zero-order chi connectivity index (χ0) is 18.6. The lowest BCUT2D eigenvalue weighted by Crippen LogP contribution is -2.38. The number of hydrogen-bond donors (Lipinski definition) is 2. The van der Waals surface area contributed by atoms with Gasteiger partial charge >= 0.3 is 0 Å². The molecule has 6 nitrogen and oxygen atoms in total. The molecule has 0 spiro atoms. The summed E-state index contributed by atoms with van der Waals surface area (Å²) < 4.78 is 5.08. The minimum absolute atomic E-state index is 0. The Kier molecular flexibility index (Phi) is 11.8. The second-order valence-corrected chi connectivity index (χ2v) is 6.25. The van der Waals surface area contributed by atoms with Crippen LogP contribution in [-0.4, -0.2) is 54.7 Å². The van der Waals surface area contributed by atoms with Crippen LogP contribution in [0, 0.1) is 0 Å². The summed E-state index contributed by atoms with van der Waals surface area (Å²) in [6.45, 7) is 5.26. The maximum absolute atomic E-state index is 5.08. The van der Waals surface area contributed by atoms with Crippen molar-refractivity contribution < 1.29 is 4.74 Å². The number of H-pyrrole nitrogens is 1. The van der Waals surface area contributed by atoms with Crippen LogP contribution in [0.15, 0.2) is 41.5 Å². The van der Waals surface area contributed by atoms with Crippen molar-refractivity contribution >= 4 is 29.9 Å². The van der Waals surface area contributed by atoms with Crippen LogP contribution in [0.4, 0.5) is 0 Å². The van der Waals surface area contributed by atoms with Crippen molar-refractivity contribution in [1.82, 2.24) is 20.2 Å². The predicted octanol–water partition coefficient (Wildman–Crippen LogP) is 3.91. The van der Waals surface area contributed by atoms with Crippen LogP contribution in [0.1, 0.15) is 32.0 Å². The summed E-state index contributed by atoms with van der Waals surface area (Å²) in [7, 11) is 3.78. The van der Waals surface area contributed by atoms with Gasteiger partial charge in [-0.15, -0.1) is 24.0 Å². The van der Waals surface area contributed by atoms with Crippen molar-refractivity contribution in [3.63, 3.8) is 0 Å². The summed E-state index contributed by atoms with van der Waals surface area (Å²) in [5.74, 6) is 1.84. The van der Waals surface area contributed by atoms with E-state index in [-0.39, 0.29) is 24.0 Å². The minimum atomic E-state index is 0. The third-order valence-electron chi connectivity index (χ3n) is 4.06. The first-order chi connectivity index (χ1) is 12.7. The van der Waals surface area contributed by atoms with Gasteiger partial charge in [-0.3, -0.25) is 4.99 Å². The van der Waals surface area contributed by atoms with E-state index in [1.807, 2.05) is 31.4 Å². The van der Waals surface area contributed by atoms with Gasteiger partial charge in [0.1, 0.15) is 5.82 Å². The summed E-state index contributed by atoms with van der Waals surface area (Å²) in [5.41, 5.74) is 2.18. The third kappa shape index (κ3) is 8.30. The van der Waals surface area contributed by atoms with Crippen LogP contribution in [0.2, 0.25) is 0 Å². The summed E-state index contributed by atoms with van der Waals surface area (Å²) in [4.78, 5) is 14.7. The summed E-state index contributed by atoms with van der Waals surface area (Å²) in [5, 5.41) is 3.35. The molecule has 0 bridgehead atoms. The average molecular weight is 485 g/mol. The van der Waals surface area contributed by atoms with Crippen LogP contribution in [-0.2, 0) is 11.3 Å². The Morgan fingerprint density at radius 2 is 2.00 bits per heavy atom. The van der Waals surface area contributed by atoms with Gasteiger partial charge < -0.3 is 19.9 Å². The molecule has 0 fully saturated rings. The molecular weight excluding hydrogens is 453 g/mol. The monoisotopic (exact) mass is 485 g/mol. The lowest BCUT2D eigenvalue weighted by atomic mass is 10.2. The molecule has 2 rings (SSSR count). The smallest absolute Gasteiger partial charge is 0.194 e. The van der Waals surface area contributed by atoms with E-state index in [2.05, 4.69) is 39.2 Å². The van der Waals surface area contributed by atoms with Gasteiger partial charge in [0.25, 0.3) is 0 Å². The summed E-state index contributed by atoms with van der Waals surface area (Å²) in [6, 6.07) is 10.2. The number of aromatic amines is 1. The number of guanidine groups is 1. The molecule has 2 aromatic rings. The second-order valence-electron chi connectivity index (χ2n) is 6.25. The van der Waals surface area contributed by atoms with Crippen molar-refractivity contribution in [3.8, 4) is 11.3 Å². The Labute approximate surface area is 179 Å². The Hall–Kier alpha value is -1.61. The number of unbranched alkanes of at least 4 members (excludes halogenated alkanes) is 2. The van der Waals surface area contributed by atoms with Gasteiger partial charge in [0.15, 0.2) is 5.96 Å². The molecule has 7 heteroatoms. The fraction of sp³-hybridized carbons (Fsp3) is 0.500. The van der Waals surface area contributed by atoms with Gasteiger partial charge in [-0.2, -0.15) is 0 Å². The van der Waals surface area contributed by atoms with E-state index in [0.717, 1.165) is 62.0 Å². The number of halogens is 1. The first kappa shape index (κ1) is 23.4. The molecule has 1 aromatic heterocycles.